The molecule has 17 heavy (non-hydrogen) atoms. The summed E-state index contributed by atoms with van der Waals surface area (Å²) in [5.74, 6) is -5.49. The second kappa shape index (κ2) is 4.50. The van der Waals surface area contributed by atoms with Crippen LogP contribution in [0.5, 0.6) is 0 Å². The van der Waals surface area contributed by atoms with E-state index in [1.807, 2.05) is 0 Å². The van der Waals surface area contributed by atoms with Crippen molar-refractivity contribution < 1.29 is 18.0 Å². The number of anilines is 1. The van der Waals surface area contributed by atoms with Crippen LogP contribution in [0.3, 0.4) is 0 Å². The van der Waals surface area contributed by atoms with Gasteiger partial charge in [0.05, 0.1) is 5.56 Å². The van der Waals surface area contributed by atoms with E-state index in [1.165, 1.54) is 5.51 Å². The van der Waals surface area contributed by atoms with Crippen LogP contribution < -0.4 is 5.32 Å². The van der Waals surface area contributed by atoms with Gasteiger partial charge in [-0.1, -0.05) is 11.3 Å². The Morgan fingerprint density at radius 1 is 1.24 bits per heavy atom. The van der Waals surface area contributed by atoms with Crippen LogP contribution in [0.1, 0.15) is 10.4 Å². The van der Waals surface area contributed by atoms with Crippen LogP contribution in [0.2, 0.25) is 0 Å². The molecule has 0 aliphatic carbocycles. The molecule has 0 unspecified atom stereocenters. The fourth-order valence-electron chi connectivity index (χ4n) is 1.09. The predicted molar refractivity (Wildman–Crippen MR) is 54.2 cm³/mol. The Morgan fingerprint density at radius 2 is 2.00 bits per heavy atom. The van der Waals surface area contributed by atoms with Crippen molar-refractivity contribution in [1.82, 2.24) is 10.2 Å². The fraction of sp³-hybridized carbons (Fsp3) is 0. The van der Waals surface area contributed by atoms with Crippen molar-refractivity contribution in [3.63, 3.8) is 0 Å². The molecule has 1 amide bonds. The van der Waals surface area contributed by atoms with Crippen LogP contribution in [-0.2, 0) is 0 Å². The van der Waals surface area contributed by atoms with Gasteiger partial charge in [0.15, 0.2) is 17.5 Å². The van der Waals surface area contributed by atoms with Crippen molar-refractivity contribution in [2.45, 2.75) is 0 Å². The molecule has 1 aromatic carbocycles. The maximum Gasteiger partial charge on any atom is 0.260 e. The molecule has 0 atom stereocenters. The fourth-order valence-corrected chi connectivity index (χ4v) is 1.53. The number of benzene rings is 1. The normalized spacial score (nSPS) is 10.3. The Labute approximate surface area is 97.1 Å². The number of nitrogens with one attached hydrogen (secondary N) is 1. The highest BCUT2D eigenvalue weighted by Gasteiger charge is 2.19. The number of carbonyl (C=O) groups excluding carboxylic acids is 1. The number of nitrogens with zero attached hydrogens (tertiary/aromatic N) is 2. The van der Waals surface area contributed by atoms with E-state index in [1.54, 1.807) is 0 Å². The van der Waals surface area contributed by atoms with E-state index in [-0.39, 0.29) is 5.13 Å². The highest BCUT2D eigenvalue weighted by molar-refractivity contribution is 7.13. The number of hydrogen-bond acceptors (Lipinski definition) is 4. The molecule has 1 heterocycles. The summed E-state index contributed by atoms with van der Waals surface area (Å²) in [6.45, 7) is 0. The van der Waals surface area contributed by atoms with E-state index in [0.29, 0.717) is 6.07 Å². The van der Waals surface area contributed by atoms with Gasteiger partial charge in [0, 0.05) is 0 Å². The predicted octanol–water partition coefficient (Wildman–Crippen LogP) is 2.21. The van der Waals surface area contributed by atoms with Crippen LogP contribution in [0.15, 0.2) is 17.6 Å². The molecule has 2 aromatic rings. The van der Waals surface area contributed by atoms with Gasteiger partial charge in [-0.3, -0.25) is 10.1 Å². The molecule has 88 valence electrons. The lowest BCUT2D eigenvalue weighted by Gasteiger charge is -2.03. The van der Waals surface area contributed by atoms with E-state index in [0.717, 1.165) is 17.4 Å². The lowest BCUT2D eigenvalue weighted by atomic mass is 10.2. The highest BCUT2D eigenvalue weighted by Crippen LogP contribution is 2.17. The van der Waals surface area contributed by atoms with Gasteiger partial charge in [-0.25, -0.2) is 13.2 Å². The summed E-state index contributed by atoms with van der Waals surface area (Å²) in [5, 5.41) is 9.29. The molecule has 0 spiro atoms. The van der Waals surface area contributed by atoms with Crippen LogP contribution in [-0.4, -0.2) is 16.1 Å². The number of rotatable bonds is 2. The van der Waals surface area contributed by atoms with Gasteiger partial charge in [-0.05, 0) is 12.1 Å². The van der Waals surface area contributed by atoms with Gasteiger partial charge < -0.3 is 0 Å². The molecular weight excluding hydrogens is 255 g/mol. The molecule has 1 N–H and O–H groups in total. The molecule has 8 heteroatoms. The smallest absolute Gasteiger partial charge is 0.260 e. The van der Waals surface area contributed by atoms with Crippen LogP contribution in [0.25, 0.3) is 0 Å². The zero-order valence-corrected chi connectivity index (χ0v) is 8.89. The number of carbonyl (C=O) groups is 1. The van der Waals surface area contributed by atoms with Crippen LogP contribution in [0.4, 0.5) is 18.3 Å². The highest BCUT2D eigenvalue weighted by atomic mass is 32.1. The summed E-state index contributed by atoms with van der Waals surface area (Å²) in [5.41, 5.74) is 0.760. The van der Waals surface area contributed by atoms with E-state index < -0.39 is 28.9 Å². The summed E-state index contributed by atoms with van der Waals surface area (Å²) < 4.78 is 38.7. The average molecular weight is 259 g/mol. The summed E-state index contributed by atoms with van der Waals surface area (Å²) in [4.78, 5) is 11.5. The Morgan fingerprint density at radius 3 is 2.65 bits per heavy atom. The first-order valence-corrected chi connectivity index (χ1v) is 5.18. The number of hydrogen-bond donors (Lipinski definition) is 1. The summed E-state index contributed by atoms with van der Waals surface area (Å²) in [6.07, 6.45) is 0. The molecule has 2 rings (SSSR count). The average Bonchev–Trinajstić information content (AvgIpc) is 2.78. The number of aromatic nitrogens is 2. The minimum absolute atomic E-state index is 0.138. The second-order valence-corrected chi connectivity index (χ2v) is 3.75. The van der Waals surface area contributed by atoms with E-state index >= 15 is 0 Å². The summed E-state index contributed by atoms with van der Waals surface area (Å²) >= 11 is 1.01. The Hall–Kier alpha value is -1.96. The maximum absolute atomic E-state index is 13.2. The Balaban J connectivity index is 2.29. The largest absolute Gasteiger partial charge is 0.296 e. The summed E-state index contributed by atoms with van der Waals surface area (Å²) in [7, 11) is 0. The van der Waals surface area contributed by atoms with E-state index in [4.69, 9.17) is 0 Å². The van der Waals surface area contributed by atoms with Crippen molar-refractivity contribution in [1.29, 1.82) is 0 Å². The Bertz CT molecular complexity index is 559. The van der Waals surface area contributed by atoms with Gasteiger partial charge in [-0.2, -0.15) is 0 Å². The minimum atomic E-state index is -1.69. The topological polar surface area (TPSA) is 54.9 Å². The van der Waals surface area contributed by atoms with Gasteiger partial charge in [0.1, 0.15) is 5.51 Å². The standard InChI is InChI=1S/C9H4F3N3OS/c10-5-2-1-4(6(11)7(5)12)8(16)14-9-15-13-3-17-9/h1-3H,(H,14,15,16). The molecular formula is C9H4F3N3OS. The van der Waals surface area contributed by atoms with Gasteiger partial charge in [-0.15, -0.1) is 10.2 Å². The maximum atomic E-state index is 13.2. The monoisotopic (exact) mass is 259 g/mol. The second-order valence-electron chi connectivity index (χ2n) is 2.92. The molecule has 0 bridgehead atoms. The summed E-state index contributed by atoms with van der Waals surface area (Å²) in [6, 6.07) is 1.53. The van der Waals surface area contributed by atoms with Crippen LogP contribution in [0, 0.1) is 17.5 Å². The third-order valence-corrected chi connectivity index (χ3v) is 2.47. The van der Waals surface area contributed by atoms with Crippen molar-refractivity contribution in [2.24, 2.45) is 0 Å². The molecule has 4 nitrogen and oxygen atoms in total. The van der Waals surface area contributed by atoms with Crippen molar-refractivity contribution in [3.8, 4) is 0 Å². The van der Waals surface area contributed by atoms with Gasteiger partial charge >= 0.3 is 0 Å². The third-order valence-electron chi connectivity index (χ3n) is 1.86. The van der Waals surface area contributed by atoms with E-state index in [9.17, 15) is 18.0 Å². The lowest BCUT2D eigenvalue weighted by Crippen LogP contribution is -2.15. The number of amides is 1. The van der Waals surface area contributed by atoms with Crippen LogP contribution >= 0.6 is 11.3 Å². The molecule has 1 aromatic heterocycles. The zero-order valence-electron chi connectivity index (χ0n) is 8.08. The first kappa shape index (κ1) is 11.5. The van der Waals surface area contributed by atoms with Gasteiger partial charge in [0.2, 0.25) is 5.13 Å². The molecule has 0 aliphatic rings. The first-order valence-electron chi connectivity index (χ1n) is 4.30. The number of halogens is 3. The minimum Gasteiger partial charge on any atom is -0.296 e. The zero-order chi connectivity index (χ0) is 12.4. The molecule has 0 aliphatic heterocycles. The van der Waals surface area contributed by atoms with E-state index in [2.05, 4.69) is 15.5 Å². The molecule has 0 saturated heterocycles. The molecule has 0 saturated carbocycles. The molecule has 0 radical (unpaired) electrons. The van der Waals surface area contributed by atoms with Crippen molar-refractivity contribution in [3.05, 3.63) is 40.7 Å². The first-order chi connectivity index (χ1) is 8.09. The quantitative estimate of drug-likeness (QED) is 0.841. The van der Waals surface area contributed by atoms with Crippen molar-refractivity contribution in [2.75, 3.05) is 5.32 Å². The Kier molecular flexibility index (Phi) is 3.05. The van der Waals surface area contributed by atoms with Gasteiger partial charge in [0.25, 0.3) is 5.91 Å². The SMILES string of the molecule is O=C(Nc1nncs1)c1ccc(F)c(F)c1F. The van der Waals surface area contributed by atoms with Crippen molar-refractivity contribution >= 4 is 22.4 Å². The third kappa shape index (κ3) is 2.26. The lowest BCUT2D eigenvalue weighted by molar-refractivity contribution is 0.102. The molecule has 0 fully saturated rings.